The Kier molecular flexibility index (Phi) is 4.77. The second-order valence-electron chi connectivity index (χ2n) is 4.35. The highest BCUT2D eigenvalue weighted by Gasteiger charge is 2.15. The van der Waals surface area contributed by atoms with Gasteiger partial charge in [0.25, 0.3) is 0 Å². The summed E-state index contributed by atoms with van der Waals surface area (Å²) in [6.45, 7) is 3.17. The van der Waals surface area contributed by atoms with Gasteiger partial charge in [-0.2, -0.15) is 5.10 Å². The number of hydrogen-bond acceptors (Lipinski definition) is 2. The normalized spacial score (nSPS) is 12.6. The number of benzene rings is 1. The Morgan fingerprint density at radius 1 is 1.28 bits per heavy atom. The second-order valence-corrected chi connectivity index (χ2v) is 5.60. The van der Waals surface area contributed by atoms with Gasteiger partial charge in [-0.3, -0.25) is 4.68 Å². The van der Waals surface area contributed by atoms with Crippen molar-refractivity contribution in [2.45, 2.75) is 19.4 Å². The summed E-state index contributed by atoms with van der Waals surface area (Å²) in [4.78, 5) is 0. The topological polar surface area (TPSA) is 29.9 Å². The van der Waals surface area contributed by atoms with Gasteiger partial charge in [-0.1, -0.05) is 19.1 Å². The van der Waals surface area contributed by atoms with Crippen LogP contribution in [-0.2, 0) is 7.05 Å². The Morgan fingerprint density at radius 2 is 2.00 bits per heavy atom. The van der Waals surface area contributed by atoms with E-state index in [-0.39, 0.29) is 6.04 Å². The van der Waals surface area contributed by atoms with E-state index in [4.69, 9.17) is 0 Å². The van der Waals surface area contributed by atoms with E-state index in [2.05, 4.69) is 70.3 Å². The van der Waals surface area contributed by atoms with Crippen LogP contribution in [0.2, 0.25) is 0 Å². The van der Waals surface area contributed by atoms with Crippen LogP contribution in [0.25, 0.3) is 0 Å². The average molecular weight is 355 g/mol. The molecular formula is C14H18IN3. The van der Waals surface area contributed by atoms with Gasteiger partial charge in [0.2, 0.25) is 0 Å². The third-order valence-corrected chi connectivity index (χ3v) is 3.55. The average Bonchev–Trinajstić information content (AvgIpc) is 2.78. The molecule has 1 N–H and O–H groups in total. The summed E-state index contributed by atoms with van der Waals surface area (Å²) in [6.07, 6.45) is 3.11. The molecule has 0 saturated carbocycles. The minimum Gasteiger partial charge on any atom is -0.305 e. The van der Waals surface area contributed by atoms with Crippen molar-refractivity contribution in [1.29, 1.82) is 0 Å². The van der Waals surface area contributed by atoms with Crippen molar-refractivity contribution in [2.75, 3.05) is 6.54 Å². The van der Waals surface area contributed by atoms with Gasteiger partial charge in [-0.15, -0.1) is 0 Å². The molecule has 2 aromatic rings. The van der Waals surface area contributed by atoms with Gasteiger partial charge in [0.15, 0.2) is 0 Å². The fourth-order valence-electron chi connectivity index (χ4n) is 1.92. The maximum absolute atomic E-state index is 4.52. The van der Waals surface area contributed by atoms with Crippen molar-refractivity contribution in [2.24, 2.45) is 7.05 Å². The van der Waals surface area contributed by atoms with E-state index in [1.165, 1.54) is 9.13 Å². The lowest BCUT2D eigenvalue weighted by Gasteiger charge is -2.17. The highest BCUT2D eigenvalue weighted by molar-refractivity contribution is 14.1. The number of nitrogens with one attached hydrogen (secondary N) is 1. The summed E-state index contributed by atoms with van der Waals surface area (Å²) in [5.74, 6) is 0. The molecule has 2 rings (SSSR count). The fraction of sp³-hybridized carbons (Fsp3) is 0.357. The molecule has 4 heteroatoms. The van der Waals surface area contributed by atoms with Gasteiger partial charge in [-0.25, -0.2) is 0 Å². The van der Waals surface area contributed by atoms with E-state index in [1.54, 1.807) is 0 Å². The molecule has 1 aromatic heterocycles. The molecule has 0 aliphatic carbocycles. The molecule has 1 unspecified atom stereocenters. The van der Waals surface area contributed by atoms with Gasteiger partial charge in [0.1, 0.15) is 0 Å². The van der Waals surface area contributed by atoms with Crippen LogP contribution in [0, 0.1) is 3.57 Å². The molecule has 3 nitrogen and oxygen atoms in total. The van der Waals surface area contributed by atoms with Crippen molar-refractivity contribution >= 4 is 22.6 Å². The third-order valence-electron chi connectivity index (χ3n) is 2.83. The number of aromatic nitrogens is 2. The SMILES string of the molecule is CCCNC(c1ccc(I)cc1)c1ccn(C)n1. The second kappa shape index (κ2) is 6.33. The van der Waals surface area contributed by atoms with Crippen LogP contribution in [0.1, 0.15) is 30.6 Å². The fourth-order valence-corrected chi connectivity index (χ4v) is 2.28. The Bertz CT molecular complexity index is 490. The third kappa shape index (κ3) is 3.32. The molecule has 0 saturated heterocycles. The van der Waals surface area contributed by atoms with Crippen LogP contribution in [0.4, 0.5) is 0 Å². The van der Waals surface area contributed by atoms with E-state index in [0.717, 1.165) is 18.7 Å². The first kappa shape index (κ1) is 13.5. The molecule has 1 aromatic carbocycles. The molecule has 96 valence electrons. The molecule has 0 radical (unpaired) electrons. The molecule has 1 heterocycles. The molecule has 0 aliphatic heterocycles. The maximum atomic E-state index is 4.52. The minimum atomic E-state index is 0.183. The Hall–Kier alpha value is -0.880. The van der Waals surface area contributed by atoms with E-state index in [9.17, 15) is 0 Å². The minimum absolute atomic E-state index is 0.183. The Labute approximate surface area is 122 Å². The van der Waals surface area contributed by atoms with Crippen LogP contribution in [-0.4, -0.2) is 16.3 Å². The Balaban J connectivity index is 2.27. The predicted molar refractivity (Wildman–Crippen MR) is 82.5 cm³/mol. The highest BCUT2D eigenvalue weighted by Crippen LogP contribution is 2.21. The smallest absolute Gasteiger partial charge is 0.0839 e. The molecule has 18 heavy (non-hydrogen) atoms. The van der Waals surface area contributed by atoms with Gasteiger partial charge in [0.05, 0.1) is 11.7 Å². The monoisotopic (exact) mass is 355 g/mol. The standard InChI is InChI=1S/C14H18IN3/c1-3-9-16-14(13-8-10-18(2)17-13)11-4-6-12(15)7-5-11/h4-8,10,14,16H,3,9H2,1-2H3. The zero-order chi connectivity index (χ0) is 13.0. The lowest BCUT2D eigenvalue weighted by Crippen LogP contribution is -2.23. The number of rotatable bonds is 5. The molecule has 0 spiro atoms. The van der Waals surface area contributed by atoms with Gasteiger partial charge < -0.3 is 5.32 Å². The lowest BCUT2D eigenvalue weighted by atomic mass is 10.0. The van der Waals surface area contributed by atoms with E-state index < -0.39 is 0 Å². The molecule has 0 bridgehead atoms. The van der Waals surface area contributed by atoms with Crippen LogP contribution in [0.5, 0.6) is 0 Å². The van der Waals surface area contributed by atoms with E-state index >= 15 is 0 Å². The van der Waals surface area contributed by atoms with Crippen molar-refractivity contribution < 1.29 is 0 Å². The predicted octanol–water partition coefficient (Wildman–Crippen LogP) is 3.11. The van der Waals surface area contributed by atoms with Crippen molar-refractivity contribution in [3.63, 3.8) is 0 Å². The van der Waals surface area contributed by atoms with E-state index in [0.29, 0.717) is 0 Å². The summed E-state index contributed by atoms with van der Waals surface area (Å²) >= 11 is 2.33. The summed E-state index contributed by atoms with van der Waals surface area (Å²) < 4.78 is 3.11. The van der Waals surface area contributed by atoms with Gasteiger partial charge >= 0.3 is 0 Å². The first-order chi connectivity index (χ1) is 8.70. The maximum Gasteiger partial charge on any atom is 0.0839 e. The summed E-state index contributed by atoms with van der Waals surface area (Å²) in [7, 11) is 1.95. The zero-order valence-corrected chi connectivity index (χ0v) is 12.9. The van der Waals surface area contributed by atoms with Crippen LogP contribution < -0.4 is 5.32 Å². The van der Waals surface area contributed by atoms with Crippen molar-refractivity contribution in [3.8, 4) is 0 Å². The van der Waals surface area contributed by atoms with E-state index in [1.807, 2.05) is 17.9 Å². The van der Waals surface area contributed by atoms with Crippen LogP contribution in [0.3, 0.4) is 0 Å². The molecule has 0 fully saturated rings. The number of aryl methyl sites for hydroxylation is 1. The highest BCUT2D eigenvalue weighted by atomic mass is 127. The first-order valence-corrected chi connectivity index (χ1v) is 7.27. The first-order valence-electron chi connectivity index (χ1n) is 6.19. The van der Waals surface area contributed by atoms with Crippen molar-refractivity contribution in [1.82, 2.24) is 15.1 Å². The molecule has 1 atom stereocenters. The lowest BCUT2D eigenvalue weighted by molar-refractivity contribution is 0.575. The molecule has 0 amide bonds. The molecular weight excluding hydrogens is 337 g/mol. The van der Waals surface area contributed by atoms with Gasteiger partial charge in [0, 0.05) is 16.8 Å². The number of hydrogen-bond donors (Lipinski definition) is 1. The number of nitrogens with zero attached hydrogens (tertiary/aromatic N) is 2. The van der Waals surface area contributed by atoms with Crippen LogP contribution in [0.15, 0.2) is 36.5 Å². The molecule has 0 aliphatic rings. The van der Waals surface area contributed by atoms with Gasteiger partial charge in [-0.05, 0) is 59.3 Å². The largest absolute Gasteiger partial charge is 0.305 e. The Morgan fingerprint density at radius 3 is 2.56 bits per heavy atom. The summed E-state index contributed by atoms with van der Waals surface area (Å²) in [5.41, 5.74) is 2.34. The van der Waals surface area contributed by atoms with Crippen LogP contribution >= 0.6 is 22.6 Å². The summed E-state index contributed by atoms with van der Waals surface area (Å²) in [6, 6.07) is 10.9. The quantitative estimate of drug-likeness (QED) is 0.836. The summed E-state index contributed by atoms with van der Waals surface area (Å²) in [5, 5.41) is 8.07. The zero-order valence-electron chi connectivity index (χ0n) is 10.7. The number of halogens is 1. The van der Waals surface area contributed by atoms with Crippen molar-refractivity contribution in [3.05, 3.63) is 51.4 Å².